The van der Waals surface area contributed by atoms with Crippen LogP contribution >= 0.6 is 0 Å². The first-order chi connectivity index (χ1) is 5.75. The van der Waals surface area contributed by atoms with Crippen molar-refractivity contribution in [2.24, 2.45) is 0 Å². The lowest BCUT2D eigenvalue weighted by Gasteiger charge is -2.08. The highest BCUT2D eigenvalue weighted by atomic mass is 19.1. The number of hydrogen-bond donors (Lipinski definition) is 2. The molecule has 0 aromatic heterocycles. The van der Waals surface area contributed by atoms with Gasteiger partial charge in [-0.1, -0.05) is 18.2 Å². The largest absolute Gasteiger partial charge is 0.508 e. The van der Waals surface area contributed by atoms with E-state index in [9.17, 15) is 9.50 Å². The summed E-state index contributed by atoms with van der Waals surface area (Å²) in [6.07, 6.45) is -1.14. The molecular weight excluding hydrogens is 157 g/mol. The molecular formula is C9H12FNO. The van der Waals surface area contributed by atoms with Gasteiger partial charge in [-0.2, -0.15) is 0 Å². The van der Waals surface area contributed by atoms with Crippen LogP contribution in [0.4, 0.5) is 4.39 Å². The van der Waals surface area contributed by atoms with E-state index in [1.165, 1.54) is 6.07 Å². The lowest BCUT2D eigenvalue weighted by Crippen LogP contribution is -2.13. The van der Waals surface area contributed by atoms with Gasteiger partial charge in [0.25, 0.3) is 0 Å². The predicted octanol–water partition coefficient (Wildman–Crippen LogP) is 1.62. The first-order valence-electron chi connectivity index (χ1n) is 3.82. The second-order valence-electron chi connectivity index (χ2n) is 2.58. The topological polar surface area (TPSA) is 32.3 Å². The summed E-state index contributed by atoms with van der Waals surface area (Å²) in [4.78, 5) is 0. The highest BCUT2D eigenvalue weighted by Crippen LogP contribution is 2.25. The van der Waals surface area contributed by atoms with Gasteiger partial charge >= 0.3 is 0 Å². The molecule has 3 heteroatoms. The van der Waals surface area contributed by atoms with Crippen LogP contribution in [0.15, 0.2) is 24.3 Å². The maximum atomic E-state index is 13.2. The Balaban J connectivity index is 2.79. The van der Waals surface area contributed by atoms with Gasteiger partial charge in [0.05, 0.1) is 0 Å². The zero-order valence-electron chi connectivity index (χ0n) is 6.92. The fraction of sp³-hybridized carbons (Fsp3) is 0.333. The minimum atomic E-state index is -1.14. The van der Waals surface area contributed by atoms with E-state index < -0.39 is 6.17 Å². The van der Waals surface area contributed by atoms with Crippen LogP contribution in [0.1, 0.15) is 11.7 Å². The highest BCUT2D eigenvalue weighted by molar-refractivity contribution is 5.33. The molecule has 1 atom stereocenters. The van der Waals surface area contributed by atoms with Crippen molar-refractivity contribution in [1.82, 2.24) is 5.32 Å². The zero-order chi connectivity index (χ0) is 8.97. The number of nitrogens with one attached hydrogen (secondary N) is 1. The molecule has 0 bridgehead atoms. The van der Waals surface area contributed by atoms with Crippen LogP contribution in [0, 0.1) is 0 Å². The van der Waals surface area contributed by atoms with E-state index in [4.69, 9.17) is 0 Å². The molecule has 0 spiro atoms. The third kappa shape index (κ3) is 1.95. The van der Waals surface area contributed by atoms with Crippen molar-refractivity contribution in [3.05, 3.63) is 29.8 Å². The minimum absolute atomic E-state index is 0.0141. The SMILES string of the molecule is CNCC(F)c1ccccc1O. The molecule has 66 valence electrons. The van der Waals surface area contributed by atoms with Crippen LogP contribution in [0.3, 0.4) is 0 Å². The van der Waals surface area contributed by atoms with Gasteiger partial charge in [0.1, 0.15) is 11.9 Å². The van der Waals surface area contributed by atoms with Gasteiger partial charge in [0.15, 0.2) is 0 Å². The van der Waals surface area contributed by atoms with Crippen molar-refractivity contribution in [2.75, 3.05) is 13.6 Å². The standard InChI is InChI=1S/C9H12FNO/c1-11-6-8(10)7-4-2-3-5-9(7)12/h2-5,8,11-12H,6H2,1H3. The molecule has 0 aliphatic heterocycles. The molecule has 0 fully saturated rings. The fourth-order valence-electron chi connectivity index (χ4n) is 1.04. The normalized spacial score (nSPS) is 12.8. The quantitative estimate of drug-likeness (QED) is 0.720. The molecule has 0 saturated carbocycles. The van der Waals surface area contributed by atoms with Crippen LogP contribution in [0.2, 0.25) is 0 Å². The Labute approximate surface area is 71.0 Å². The number of hydrogen-bond acceptors (Lipinski definition) is 2. The van der Waals surface area contributed by atoms with E-state index in [0.717, 1.165) is 0 Å². The summed E-state index contributed by atoms with van der Waals surface area (Å²) < 4.78 is 13.2. The minimum Gasteiger partial charge on any atom is -0.508 e. The summed E-state index contributed by atoms with van der Waals surface area (Å²) >= 11 is 0. The summed E-state index contributed by atoms with van der Waals surface area (Å²) in [6, 6.07) is 6.44. The van der Waals surface area contributed by atoms with Crippen molar-refractivity contribution in [2.45, 2.75) is 6.17 Å². The van der Waals surface area contributed by atoms with Gasteiger partial charge < -0.3 is 10.4 Å². The molecule has 2 nitrogen and oxygen atoms in total. The Hall–Kier alpha value is -1.09. The number of likely N-dealkylation sites (N-methyl/N-ethyl adjacent to an activating group) is 1. The van der Waals surface area contributed by atoms with Gasteiger partial charge in [-0.25, -0.2) is 4.39 Å². The van der Waals surface area contributed by atoms with Gasteiger partial charge in [0, 0.05) is 12.1 Å². The molecule has 1 unspecified atom stereocenters. The zero-order valence-corrected chi connectivity index (χ0v) is 6.92. The Morgan fingerprint density at radius 2 is 2.17 bits per heavy atom. The first kappa shape index (κ1) is 9.00. The molecule has 0 amide bonds. The maximum Gasteiger partial charge on any atom is 0.141 e. The Morgan fingerprint density at radius 1 is 1.50 bits per heavy atom. The average Bonchev–Trinajstić information content (AvgIpc) is 2.05. The van der Waals surface area contributed by atoms with Crippen molar-refractivity contribution < 1.29 is 9.50 Å². The number of phenolic OH excluding ortho intramolecular Hbond substituents is 1. The Morgan fingerprint density at radius 3 is 2.75 bits per heavy atom. The van der Waals surface area contributed by atoms with Gasteiger partial charge in [-0.3, -0.25) is 0 Å². The molecule has 0 radical (unpaired) electrons. The molecule has 0 aliphatic carbocycles. The summed E-state index contributed by atoms with van der Waals surface area (Å²) in [7, 11) is 1.67. The summed E-state index contributed by atoms with van der Waals surface area (Å²) in [5.41, 5.74) is 0.340. The van der Waals surface area contributed by atoms with E-state index in [1.807, 2.05) is 0 Å². The van der Waals surface area contributed by atoms with Crippen molar-refractivity contribution in [1.29, 1.82) is 0 Å². The lowest BCUT2D eigenvalue weighted by atomic mass is 10.1. The summed E-state index contributed by atoms with van der Waals surface area (Å²) in [5, 5.41) is 11.9. The lowest BCUT2D eigenvalue weighted by molar-refractivity contribution is 0.323. The second-order valence-corrected chi connectivity index (χ2v) is 2.58. The molecule has 1 rings (SSSR count). The maximum absolute atomic E-state index is 13.2. The molecule has 0 saturated heterocycles. The molecule has 0 heterocycles. The van der Waals surface area contributed by atoms with Crippen LogP contribution in [-0.2, 0) is 0 Å². The Bertz CT molecular complexity index is 252. The molecule has 1 aromatic carbocycles. The van der Waals surface area contributed by atoms with E-state index in [2.05, 4.69) is 5.32 Å². The van der Waals surface area contributed by atoms with E-state index in [0.29, 0.717) is 5.56 Å². The molecule has 12 heavy (non-hydrogen) atoms. The van der Waals surface area contributed by atoms with Crippen LogP contribution < -0.4 is 5.32 Å². The number of para-hydroxylation sites is 1. The smallest absolute Gasteiger partial charge is 0.141 e. The molecule has 1 aromatic rings. The van der Waals surface area contributed by atoms with Crippen LogP contribution in [0.25, 0.3) is 0 Å². The number of alkyl halides is 1. The molecule has 2 N–H and O–H groups in total. The third-order valence-electron chi connectivity index (χ3n) is 1.66. The first-order valence-corrected chi connectivity index (χ1v) is 3.82. The predicted molar refractivity (Wildman–Crippen MR) is 45.9 cm³/mol. The van der Waals surface area contributed by atoms with Gasteiger partial charge in [-0.05, 0) is 13.1 Å². The van der Waals surface area contributed by atoms with E-state index in [1.54, 1.807) is 25.2 Å². The van der Waals surface area contributed by atoms with Crippen LogP contribution in [0.5, 0.6) is 5.75 Å². The monoisotopic (exact) mass is 169 g/mol. The number of rotatable bonds is 3. The fourth-order valence-corrected chi connectivity index (χ4v) is 1.04. The summed E-state index contributed by atoms with van der Waals surface area (Å²) in [6.45, 7) is 0.220. The highest BCUT2D eigenvalue weighted by Gasteiger charge is 2.11. The van der Waals surface area contributed by atoms with Crippen LogP contribution in [-0.4, -0.2) is 18.7 Å². The molecule has 0 aliphatic rings. The van der Waals surface area contributed by atoms with Crippen molar-refractivity contribution in [3.63, 3.8) is 0 Å². The Kier molecular flexibility index (Phi) is 3.05. The summed E-state index contributed by atoms with van der Waals surface area (Å²) in [5.74, 6) is 0.0141. The van der Waals surface area contributed by atoms with E-state index in [-0.39, 0.29) is 12.3 Å². The number of phenols is 1. The van der Waals surface area contributed by atoms with Gasteiger partial charge in [-0.15, -0.1) is 0 Å². The van der Waals surface area contributed by atoms with E-state index >= 15 is 0 Å². The van der Waals surface area contributed by atoms with Gasteiger partial charge in [0.2, 0.25) is 0 Å². The van der Waals surface area contributed by atoms with Crippen molar-refractivity contribution >= 4 is 0 Å². The third-order valence-corrected chi connectivity index (χ3v) is 1.66. The average molecular weight is 169 g/mol. The second kappa shape index (κ2) is 4.07. The number of halogens is 1. The number of aromatic hydroxyl groups is 1. The number of benzene rings is 1. The van der Waals surface area contributed by atoms with Crippen molar-refractivity contribution in [3.8, 4) is 5.75 Å².